The lowest BCUT2D eigenvalue weighted by atomic mass is 9.94. The number of nitrogens with zero attached hydrogens (tertiary/aromatic N) is 1. The molecule has 0 heterocycles. The van der Waals surface area contributed by atoms with Crippen molar-refractivity contribution in [2.45, 2.75) is 6.92 Å². The van der Waals surface area contributed by atoms with Gasteiger partial charge >= 0.3 is 5.91 Å². The van der Waals surface area contributed by atoms with Gasteiger partial charge in [0.25, 0.3) is 0 Å². The van der Waals surface area contributed by atoms with Gasteiger partial charge in [-0.05, 0) is 75.1 Å². The quantitative estimate of drug-likeness (QED) is 0.351. The molecule has 4 aromatic rings. The van der Waals surface area contributed by atoms with Crippen LogP contribution in [0.3, 0.4) is 0 Å². The van der Waals surface area contributed by atoms with Gasteiger partial charge in [0.1, 0.15) is 0 Å². The lowest BCUT2D eigenvalue weighted by molar-refractivity contribution is 0.100. The Bertz CT molecular complexity index is 1110. The normalized spacial score (nSPS) is 11.2. The van der Waals surface area contributed by atoms with Gasteiger partial charge in [-0.25, -0.2) is 0 Å². The van der Waals surface area contributed by atoms with Gasteiger partial charge < -0.3 is 0 Å². The summed E-state index contributed by atoms with van der Waals surface area (Å²) in [5.41, 5.74) is 1.57. The van der Waals surface area contributed by atoms with E-state index >= 15 is 0 Å². The summed E-state index contributed by atoms with van der Waals surface area (Å²) in [6.07, 6.45) is 0. The van der Waals surface area contributed by atoms with Crippen molar-refractivity contribution < 1.29 is 4.79 Å². The molecule has 0 aliphatic heterocycles. The minimum atomic E-state index is -0.735. The van der Waals surface area contributed by atoms with Crippen LogP contribution in [-0.4, -0.2) is 5.91 Å². The number of rotatable bonds is 1. The summed E-state index contributed by atoms with van der Waals surface area (Å²) in [6.45, 7) is 2.13. The van der Waals surface area contributed by atoms with Gasteiger partial charge in [-0.3, -0.25) is 4.79 Å². The number of nitroso groups, excluding NO2 is 1. The van der Waals surface area contributed by atoms with Crippen molar-refractivity contribution in [1.29, 1.82) is 0 Å². The molecule has 0 atom stereocenters. The summed E-state index contributed by atoms with van der Waals surface area (Å²) >= 11 is 0. The zero-order valence-corrected chi connectivity index (χ0v) is 12.5. The van der Waals surface area contributed by atoms with E-state index < -0.39 is 5.91 Å². The lowest BCUT2D eigenvalue weighted by Gasteiger charge is -2.10. The molecule has 0 N–H and O–H groups in total. The Balaban J connectivity index is 2.08. The first-order valence-corrected chi connectivity index (χ1v) is 7.41. The largest absolute Gasteiger partial charge is 0.316 e. The van der Waals surface area contributed by atoms with Crippen LogP contribution in [0.2, 0.25) is 0 Å². The highest BCUT2D eigenvalue weighted by Crippen LogP contribution is 2.31. The fourth-order valence-corrected chi connectivity index (χ4v) is 3.22. The number of carbonyl (C=O) groups is 1. The molecule has 0 saturated heterocycles. The average Bonchev–Trinajstić information content (AvgIpc) is 2.59. The summed E-state index contributed by atoms with van der Waals surface area (Å²) in [7, 11) is 0. The summed E-state index contributed by atoms with van der Waals surface area (Å²) in [4.78, 5) is 21.9. The van der Waals surface area contributed by atoms with Gasteiger partial charge in [-0.1, -0.05) is 30.3 Å². The molecule has 0 saturated carbocycles. The molecular weight excluding hydrogens is 286 g/mol. The van der Waals surface area contributed by atoms with Crippen molar-refractivity contribution in [2.24, 2.45) is 5.18 Å². The molecule has 0 aliphatic carbocycles. The Morgan fingerprint density at radius 2 is 1.57 bits per heavy atom. The highest BCUT2D eigenvalue weighted by molar-refractivity contribution is 6.08. The molecule has 0 unspecified atom stereocenters. The molecule has 3 heteroatoms. The number of hydrogen-bond acceptors (Lipinski definition) is 2. The maximum Gasteiger partial charge on any atom is 0.316 e. The van der Waals surface area contributed by atoms with Crippen molar-refractivity contribution in [2.75, 3.05) is 0 Å². The van der Waals surface area contributed by atoms with E-state index in [9.17, 15) is 9.70 Å². The number of hydrogen-bond donors (Lipinski definition) is 0. The smallest absolute Gasteiger partial charge is 0.263 e. The van der Waals surface area contributed by atoms with Gasteiger partial charge in [0.2, 0.25) is 0 Å². The molecule has 110 valence electrons. The molecule has 0 radical (unpaired) electrons. The van der Waals surface area contributed by atoms with E-state index in [0.29, 0.717) is 5.56 Å². The Kier molecular flexibility index (Phi) is 2.95. The van der Waals surface area contributed by atoms with Gasteiger partial charge in [-0.15, -0.1) is 4.91 Å². The molecule has 4 rings (SSSR count). The summed E-state index contributed by atoms with van der Waals surface area (Å²) in [6, 6.07) is 19.9. The number of carbonyl (C=O) groups excluding carboxylic acids is 1. The zero-order valence-electron chi connectivity index (χ0n) is 12.5. The second kappa shape index (κ2) is 4.99. The third-order valence-electron chi connectivity index (χ3n) is 4.42. The maximum absolute atomic E-state index is 11.5. The Hall–Kier alpha value is -3.07. The highest BCUT2D eigenvalue weighted by Gasteiger charge is 2.09. The van der Waals surface area contributed by atoms with Gasteiger partial charge in [-0.2, -0.15) is 0 Å². The minimum Gasteiger partial charge on any atom is -0.263 e. The topological polar surface area (TPSA) is 46.5 Å². The molecule has 0 aromatic heterocycles. The van der Waals surface area contributed by atoms with E-state index in [1.807, 2.05) is 18.2 Å². The van der Waals surface area contributed by atoms with Crippen LogP contribution in [0, 0.1) is 11.8 Å². The Labute approximate surface area is 132 Å². The predicted octanol–water partition coefficient (Wildman–Crippen LogP) is 5.36. The van der Waals surface area contributed by atoms with Crippen molar-refractivity contribution >= 4 is 38.2 Å². The van der Waals surface area contributed by atoms with E-state index in [1.54, 1.807) is 12.1 Å². The predicted molar refractivity (Wildman–Crippen MR) is 93.8 cm³/mol. The fraction of sp³-hybridized carbons (Fsp3) is 0.0500. The molecule has 23 heavy (non-hydrogen) atoms. The third kappa shape index (κ3) is 2.09. The average molecular weight is 299 g/mol. The fourth-order valence-electron chi connectivity index (χ4n) is 3.22. The zero-order chi connectivity index (χ0) is 16.0. The summed E-state index contributed by atoms with van der Waals surface area (Å²) in [5.74, 6) is -0.735. The van der Waals surface area contributed by atoms with Crippen molar-refractivity contribution in [3.63, 3.8) is 0 Å². The standard InChI is InChI=1S/C20H13NO2/c1-12-18-5-3-2-4-14(18)8-17-10-16-9-15(20(22)21-23)7-6-13(16)11-19(12)17/h2-11H,1H3. The Morgan fingerprint density at radius 1 is 0.783 bits per heavy atom. The van der Waals surface area contributed by atoms with E-state index in [4.69, 9.17) is 0 Å². The van der Waals surface area contributed by atoms with Crippen LogP contribution >= 0.6 is 0 Å². The molecule has 3 nitrogen and oxygen atoms in total. The SMILES string of the molecule is Cc1c2ccccc2cc2cc3cc(C(=O)N=O)ccc3cc12. The van der Waals surface area contributed by atoms with Crippen LogP contribution in [-0.2, 0) is 0 Å². The van der Waals surface area contributed by atoms with Crippen LogP contribution in [0.1, 0.15) is 15.9 Å². The van der Waals surface area contributed by atoms with Crippen molar-refractivity contribution in [1.82, 2.24) is 0 Å². The second-order valence-corrected chi connectivity index (χ2v) is 5.75. The van der Waals surface area contributed by atoms with Gasteiger partial charge in [0.05, 0.1) is 0 Å². The molecular formula is C20H13NO2. The van der Waals surface area contributed by atoms with Crippen LogP contribution in [0.4, 0.5) is 0 Å². The lowest BCUT2D eigenvalue weighted by Crippen LogP contribution is -1.93. The maximum atomic E-state index is 11.5. The molecule has 0 spiro atoms. The molecule has 1 amide bonds. The number of fused-ring (bicyclic) bond motifs is 3. The first-order valence-electron chi connectivity index (χ1n) is 7.41. The van der Waals surface area contributed by atoms with Crippen molar-refractivity contribution in [3.05, 3.63) is 76.7 Å². The summed E-state index contributed by atoms with van der Waals surface area (Å²) < 4.78 is 0. The van der Waals surface area contributed by atoms with Crippen LogP contribution in [0.25, 0.3) is 32.3 Å². The monoisotopic (exact) mass is 299 g/mol. The van der Waals surface area contributed by atoms with E-state index in [-0.39, 0.29) is 0 Å². The van der Waals surface area contributed by atoms with Crippen LogP contribution < -0.4 is 0 Å². The Morgan fingerprint density at radius 3 is 2.39 bits per heavy atom. The minimum absolute atomic E-state index is 0.323. The van der Waals surface area contributed by atoms with Gasteiger partial charge in [0, 0.05) is 10.7 Å². The number of aryl methyl sites for hydroxylation is 1. The molecule has 4 aromatic carbocycles. The number of benzene rings is 4. The number of amides is 1. The third-order valence-corrected chi connectivity index (χ3v) is 4.42. The van der Waals surface area contributed by atoms with Crippen molar-refractivity contribution in [3.8, 4) is 0 Å². The van der Waals surface area contributed by atoms with Crippen LogP contribution in [0.15, 0.2) is 65.8 Å². The summed E-state index contributed by atoms with van der Waals surface area (Å²) in [5, 5.41) is 9.23. The molecule has 0 bridgehead atoms. The second-order valence-electron chi connectivity index (χ2n) is 5.75. The molecule has 0 fully saturated rings. The molecule has 0 aliphatic rings. The highest BCUT2D eigenvalue weighted by atomic mass is 16.3. The first kappa shape index (κ1) is 13.6. The van der Waals surface area contributed by atoms with Crippen LogP contribution in [0.5, 0.6) is 0 Å². The first-order chi connectivity index (χ1) is 11.2. The van der Waals surface area contributed by atoms with Gasteiger partial charge in [0.15, 0.2) is 0 Å². The van der Waals surface area contributed by atoms with E-state index in [2.05, 4.69) is 42.4 Å². The van der Waals surface area contributed by atoms with E-state index in [0.717, 1.165) is 16.2 Å². The van der Waals surface area contributed by atoms with E-state index in [1.165, 1.54) is 21.7 Å².